The van der Waals surface area contributed by atoms with E-state index >= 15 is 0 Å². The summed E-state index contributed by atoms with van der Waals surface area (Å²) >= 11 is 1.36. The summed E-state index contributed by atoms with van der Waals surface area (Å²) in [6.45, 7) is 6.28. The molecule has 2 aromatic carbocycles. The Balaban J connectivity index is 1.58. The molecule has 0 radical (unpaired) electrons. The quantitative estimate of drug-likeness (QED) is 0.396. The van der Waals surface area contributed by atoms with Crippen LogP contribution in [0.4, 0.5) is 5.69 Å². The van der Waals surface area contributed by atoms with Crippen molar-refractivity contribution >= 4 is 23.4 Å². The van der Waals surface area contributed by atoms with Gasteiger partial charge in [-0.05, 0) is 73.4 Å². The highest BCUT2D eigenvalue weighted by molar-refractivity contribution is 7.99. The van der Waals surface area contributed by atoms with Gasteiger partial charge in [0, 0.05) is 23.6 Å². The third kappa shape index (κ3) is 4.89. The average Bonchev–Trinajstić information content (AvgIpc) is 3.24. The van der Waals surface area contributed by atoms with Crippen LogP contribution in [0.1, 0.15) is 23.6 Å². The van der Waals surface area contributed by atoms with Crippen molar-refractivity contribution in [3.63, 3.8) is 0 Å². The first-order chi connectivity index (χ1) is 15.5. The zero-order valence-corrected chi connectivity index (χ0v) is 19.2. The van der Waals surface area contributed by atoms with Crippen molar-refractivity contribution in [1.29, 1.82) is 0 Å². The number of carbonyl (C=O) groups is 1. The van der Waals surface area contributed by atoms with Crippen LogP contribution in [0, 0.1) is 13.8 Å². The van der Waals surface area contributed by atoms with E-state index in [-0.39, 0.29) is 11.7 Å². The maximum absolute atomic E-state index is 12.6. The molecule has 2 heterocycles. The average molecular weight is 444 g/mol. The van der Waals surface area contributed by atoms with Gasteiger partial charge in [0.05, 0.1) is 11.4 Å². The molecule has 1 amide bonds. The minimum absolute atomic E-state index is 0.0839. The number of hydrogen-bond donors (Lipinski definition) is 1. The van der Waals surface area contributed by atoms with Crippen molar-refractivity contribution < 1.29 is 4.79 Å². The lowest BCUT2D eigenvalue weighted by molar-refractivity contribution is -0.113. The molecular weight excluding hydrogens is 418 g/mol. The van der Waals surface area contributed by atoms with Gasteiger partial charge in [0.15, 0.2) is 11.0 Å². The zero-order valence-electron chi connectivity index (χ0n) is 18.4. The van der Waals surface area contributed by atoms with E-state index < -0.39 is 0 Å². The van der Waals surface area contributed by atoms with Gasteiger partial charge >= 0.3 is 0 Å². The molecule has 7 heteroatoms. The first kappa shape index (κ1) is 21.8. The highest BCUT2D eigenvalue weighted by atomic mass is 32.2. The molecule has 0 aliphatic rings. The number of thioether (sulfide) groups is 1. The van der Waals surface area contributed by atoms with Crippen molar-refractivity contribution in [1.82, 2.24) is 19.7 Å². The number of amides is 1. The first-order valence-corrected chi connectivity index (χ1v) is 11.5. The molecule has 0 fully saturated rings. The fraction of sp³-hybridized carbons (Fsp3) is 0.200. The Kier molecular flexibility index (Phi) is 6.66. The van der Waals surface area contributed by atoms with Gasteiger partial charge in [0.2, 0.25) is 5.91 Å². The number of pyridine rings is 1. The number of hydrogen-bond acceptors (Lipinski definition) is 5. The van der Waals surface area contributed by atoms with E-state index in [1.54, 1.807) is 12.4 Å². The summed E-state index contributed by atoms with van der Waals surface area (Å²) < 4.78 is 2.00. The van der Waals surface area contributed by atoms with Gasteiger partial charge in [-0.15, -0.1) is 10.2 Å². The molecule has 32 heavy (non-hydrogen) atoms. The second-order valence-electron chi connectivity index (χ2n) is 7.53. The molecule has 0 aliphatic heterocycles. The molecule has 2 aromatic heterocycles. The van der Waals surface area contributed by atoms with Crippen molar-refractivity contribution in [2.45, 2.75) is 32.3 Å². The van der Waals surface area contributed by atoms with E-state index in [1.807, 2.05) is 41.0 Å². The standard InChI is InChI=1S/C25H25N5OS/c1-4-19-6-8-21(9-7-19)27-23(31)16-32-25-29-28-24(20-11-13-26-14-12-20)30(25)22-10-5-17(2)18(3)15-22/h5-15H,4,16H2,1-3H3,(H,27,31). The Labute approximate surface area is 192 Å². The van der Waals surface area contributed by atoms with E-state index in [2.05, 4.69) is 59.5 Å². The van der Waals surface area contributed by atoms with Crippen LogP contribution in [-0.2, 0) is 11.2 Å². The van der Waals surface area contributed by atoms with Gasteiger partial charge < -0.3 is 5.32 Å². The van der Waals surface area contributed by atoms with Crippen LogP contribution in [0.25, 0.3) is 17.1 Å². The minimum Gasteiger partial charge on any atom is -0.325 e. The SMILES string of the molecule is CCc1ccc(NC(=O)CSc2nnc(-c3ccncc3)n2-c2ccc(C)c(C)c2)cc1. The predicted molar refractivity (Wildman–Crippen MR) is 129 cm³/mol. The largest absolute Gasteiger partial charge is 0.325 e. The molecule has 0 saturated carbocycles. The van der Waals surface area contributed by atoms with Gasteiger partial charge in [0.1, 0.15) is 0 Å². The Bertz CT molecular complexity index is 1220. The van der Waals surface area contributed by atoms with E-state index in [1.165, 1.54) is 28.5 Å². The summed E-state index contributed by atoms with van der Waals surface area (Å²) in [5.41, 5.74) is 6.31. The Morgan fingerprint density at radius 3 is 2.41 bits per heavy atom. The highest BCUT2D eigenvalue weighted by Crippen LogP contribution is 2.28. The summed E-state index contributed by atoms with van der Waals surface area (Å²) in [6, 6.07) is 18.0. The number of nitrogens with zero attached hydrogens (tertiary/aromatic N) is 4. The van der Waals surface area contributed by atoms with Crippen LogP contribution in [0.5, 0.6) is 0 Å². The molecule has 162 valence electrons. The molecule has 0 bridgehead atoms. The summed E-state index contributed by atoms with van der Waals surface area (Å²) in [6.07, 6.45) is 4.44. The predicted octanol–water partition coefficient (Wildman–Crippen LogP) is 5.24. The molecule has 4 aromatic rings. The van der Waals surface area contributed by atoms with Crippen LogP contribution < -0.4 is 5.32 Å². The summed E-state index contributed by atoms with van der Waals surface area (Å²) in [5.74, 6) is 0.863. The third-order valence-electron chi connectivity index (χ3n) is 5.30. The maximum Gasteiger partial charge on any atom is 0.234 e. The number of nitrogens with one attached hydrogen (secondary N) is 1. The number of aromatic nitrogens is 4. The lowest BCUT2D eigenvalue weighted by Gasteiger charge is -2.12. The topological polar surface area (TPSA) is 72.7 Å². The lowest BCUT2D eigenvalue weighted by atomic mass is 10.1. The number of rotatable bonds is 7. The molecule has 0 saturated heterocycles. The molecule has 0 aliphatic carbocycles. The molecule has 0 unspecified atom stereocenters. The zero-order chi connectivity index (χ0) is 22.5. The van der Waals surface area contributed by atoms with Crippen molar-refractivity contribution in [2.24, 2.45) is 0 Å². The maximum atomic E-state index is 12.6. The molecule has 4 rings (SSSR count). The fourth-order valence-corrected chi connectivity index (χ4v) is 4.05. The van der Waals surface area contributed by atoms with Gasteiger partial charge in [-0.3, -0.25) is 14.3 Å². The summed E-state index contributed by atoms with van der Waals surface area (Å²) in [4.78, 5) is 16.7. The van der Waals surface area contributed by atoms with E-state index in [4.69, 9.17) is 0 Å². The Hall–Kier alpha value is -3.45. The van der Waals surface area contributed by atoms with E-state index in [0.717, 1.165) is 23.4 Å². The first-order valence-electron chi connectivity index (χ1n) is 10.5. The van der Waals surface area contributed by atoms with E-state index in [0.29, 0.717) is 11.0 Å². The summed E-state index contributed by atoms with van der Waals surface area (Å²) in [7, 11) is 0. The molecule has 6 nitrogen and oxygen atoms in total. The van der Waals surface area contributed by atoms with Gasteiger partial charge in [-0.2, -0.15) is 0 Å². The minimum atomic E-state index is -0.0839. The van der Waals surface area contributed by atoms with Crippen LogP contribution in [0.3, 0.4) is 0 Å². The second-order valence-corrected chi connectivity index (χ2v) is 8.48. The number of carbonyl (C=O) groups excluding carboxylic acids is 1. The van der Waals surface area contributed by atoms with Crippen molar-refractivity contribution in [3.8, 4) is 17.1 Å². The Morgan fingerprint density at radius 2 is 1.72 bits per heavy atom. The van der Waals surface area contributed by atoms with Crippen LogP contribution in [-0.4, -0.2) is 31.4 Å². The molecule has 0 spiro atoms. The van der Waals surface area contributed by atoms with Gasteiger partial charge in [-0.25, -0.2) is 0 Å². The fourth-order valence-electron chi connectivity index (χ4n) is 3.30. The van der Waals surface area contributed by atoms with Crippen molar-refractivity contribution in [3.05, 3.63) is 83.7 Å². The van der Waals surface area contributed by atoms with Crippen molar-refractivity contribution in [2.75, 3.05) is 11.1 Å². The Morgan fingerprint density at radius 1 is 0.969 bits per heavy atom. The normalized spacial score (nSPS) is 10.8. The van der Waals surface area contributed by atoms with E-state index in [9.17, 15) is 4.79 Å². The van der Waals surface area contributed by atoms with Crippen LogP contribution in [0.15, 0.2) is 72.1 Å². The number of anilines is 1. The van der Waals surface area contributed by atoms with Gasteiger partial charge in [-0.1, -0.05) is 36.9 Å². The van der Waals surface area contributed by atoms with Crippen LogP contribution >= 0.6 is 11.8 Å². The number of aryl methyl sites for hydroxylation is 3. The monoisotopic (exact) mass is 443 g/mol. The third-order valence-corrected chi connectivity index (χ3v) is 6.23. The summed E-state index contributed by atoms with van der Waals surface area (Å²) in [5, 5.41) is 12.4. The molecular formula is C25H25N5OS. The number of benzene rings is 2. The van der Waals surface area contributed by atoms with Crippen LogP contribution in [0.2, 0.25) is 0 Å². The second kappa shape index (κ2) is 9.78. The smallest absolute Gasteiger partial charge is 0.234 e. The molecule has 1 N–H and O–H groups in total. The highest BCUT2D eigenvalue weighted by Gasteiger charge is 2.18. The molecule has 0 atom stereocenters. The lowest BCUT2D eigenvalue weighted by Crippen LogP contribution is -2.14. The van der Waals surface area contributed by atoms with Gasteiger partial charge in [0.25, 0.3) is 0 Å².